The van der Waals surface area contributed by atoms with Crippen molar-refractivity contribution in [2.24, 2.45) is 0 Å². The summed E-state index contributed by atoms with van der Waals surface area (Å²) in [6.07, 6.45) is -0.589. The molecular weight excluding hydrogens is 272 g/mol. The van der Waals surface area contributed by atoms with Gasteiger partial charge < -0.3 is 18.6 Å². The molecule has 1 saturated heterocycles. The zero-order chi connectivity index (χ0) is 14.8. The standard InChI is InChI=1S/C15H24O4Si/c1-16-14(17-2)15(19-20(3,4)5)11-18-13(15)12-9-7-6-8-10-12/h6-10,13-14H,11H2,1-5H3/t13-,15-/m1/s1. The van der Waals surface area contributed by atoms with E-state index in [1.165, 1.54) is 0 Å². The van der Waals surface area contributed by atoms with E-state index in [2.05, 4.69) is 31.8 Å². The first-order valence-corrected chi connectivity index (χ1v) is 10.3. The predicted octanol–water partition coefficient (Wildman–Crippen LogP) is 2.97. The Morgan fingerprint density at radius 1 is 1.15 bits per heavy atom. The maximum atomic E-state index is 6.44. The third-order valence-electron chi connectivity index (χ3n) is 3.35. The minimum Gasteiger partial charge on any atom is -0.403 e. The predicted molar refractivity (Wildman–Crippen MR) is 80.1 cm³/mol. The normalized spacial score (nSPS) is 26.6. The van der Waals surface area contributed by atoms with E-state index in [0.717, 1.165) is 5.56 Å². The van der Waals surface area contributed by atoms with Crippen LogP contribution in [0.3, 0.4) is 0 Å². The van der Waals surface area contributed by atoms with Gasteiger partial charge in [-0.05, 0) is 25.2 Å². The first kappa shape index (κ1) is 15.7. The van der Waals surface area contributed by atoms with Crippen molar-refractivity contribution in [1.29, 1.82) is 0 Å². The SMILES string of the molecule is COC(OC)[C@@]1(O[Si](C)(C)C)CO[C@@H]1c1ccccc1. The fourth-order valence-electron chi connectivity index (χ4n) is 2.73. The molecule has 0 aromatic heterocycles. The summed E-state index contributed by atoms with van der Waals surface area (Å²) in [5, 5.41) is 0. The molecule has 5 heteroatoms. The van der Waals surface area contributed by atoms with Crippen LogP contribution in [0.25, 0.3) is 0 Å². The summed E-state index contributed by atoms with van der Waals surface area (Å²) in [6, 6.07) is 10.1. The van der Waals surface area contributed by atoms with Crippen molar-refractivity contribution >= 4 is 8.32 Å². The van der Waals surface area contributed by atoms with Crippen LogP contribution in [-0.2, 0) is 18.6 Å². The van der Waals surface area contributed by atoms with Gasteiger partial charge in [0.1, 0.15) is 6.10 Å². The van der Waals surface area contributed by atoms with Crippen molar-refractivity contribution in [3.8, 4) is 0 Å². The van der Waals surface area contributed by atoms with Crippen LogP contribution in [0.1, 0.15) is 11.7 Å². The second kappa shape index (κ2) is 5.95. The van der Waals surface area contributed by atoms with Gasteiger partial charge in [-0.1, -0.05) is 30.3 Å². The zero-order valence-electron chi connectivity index (χ0n) is 12.9. The molecule has 2 atom stereocenters. The average Bonchev–Trinajstić information content (AvgIpc) is 2.37. The van der Waals surface area contributed by atoms with E-state index in [4.69, 9.17) is 18.6 Å². The van der Waals surface area contributed by atoms with E-state index >= 15 is 0 Å². The average molecular weight is 296 g/mol. The third kappa shape index (κ3) is 2.97. The Kier molecular flexibility index (Phi) is 4.66. The first-order chi connectivity index (χ1) is 9.43. The van der Waals surface area contributed by atoms with E-state index in [-0.39, 0.29) is 6.10 Å². The summed E-state index contributed by atoms with van der Waals surface area (Å²) >= 11 is 0. The van der Waals surface area contributed by atoms with Crippen LogP contribution in [0.2, 0.25) is 19.6 Å². The number of rotatable bonds is 6. The van der Waals surface area contributed by atoms with Crippen molar-refractivity contribution in [3.63, 3.8) is 0 Å². The van der Waals surface area contributed by atoms with Crippen LogP contribution < -0.4 is 0 Å². The molecule has 0 radical (unpaired) electrons. The minimum absolute atomic E-state index is 0.152. The third-order valence-corrected chi connectivity index (χ3v) is 4.34. The summed E-state index contributed by atoms with van der Waals surface area (Å²) in [7, 11) is 1.51. The summed E-state index contributed by atoms with van der Waals surface area (Å²) in [6.45, 7) is 6.98. The topological polar surface area (TPSA) is 36.9 Å². The number of hydrogen-bond donors (Lipinski definition) is 0. The number of ether oxygens (including phenoxy) is 3. The van der Waals surface area contributed by atoms with Gasteiger partial charge in [0, 0.05) is 14.2 Å². The maximum absolute atomic E-state index is 6.44. The summed E-state index contributed by atoms with van der Waals surface area (Å²) in [4.78, 5) is 0. The summed E-state index contributed by atoms with van der Waals surface area (Å²) in [5.74, 6) is 0. The Balaban J connectivity index is 2.33. The first-order valence-electron chi connectivity index (χ1n) is 6.85. The maximum Gasteiger partial charge on any atom is 0.190 e. The molecule has 0 unspecified atom stereocenters. The fourth-order valence-corrected chi connectivity index (χ4v) is 4.13. The highest BCUT2D eigenvalue weighted by Crippen LogP contribution is 2.46. The van der Waals surface area contributed by atoms with Crippen LogP contribution >= 0.6 is 0 Å². The van der Waals surface area contributed by atoms with E-state index in [9.17, 15) is 0 Å². The van der Waals surface area contributed by atoms with Gasteiger partial charge in [0.05, 0.1) is 6.61 Å². The molecule has 0 saturated carbocycles. The molecule has 20 heavy (non-hydrogen) atoms. The van der Waals surface area contributed by atoms with Crippen LogP contribution in [0.4, 0.5) is 0 Å². The van der Waals surface area contributed by atoms with Crippen molar-refractivity contribution in [2.75, 3.05) is 20.8 Å². The lowest BCUT2D eigenvalue weighted by Crippen LogP contribution is -2.65. The molecule has 0 aliphatic carbocycles. The molecule has 0 N–H and O–H groups in total. The summed E-state index contributed by atoms with van der Waals surface area (Å²) in [5.41, 5.74) is 0.533. The van der Waals surface area contributed by atoms with E-state index < -0.39 is 20.2 Å². The van der Waals surface area contributed by atoms with Gasteiger partial charge in [-0.3, -0.25) is 0 Å². The lowest BCUT2D eigenvalue weighted by molar-refractivity contribution is -0.326. The smallest absolute Gasteiger partial charge is 0.190 e. The molecule has 0 amide bonds. The molecular formula is C15H24O4Si. The minimum atomic E-state index is -1.77. The Hall–Kier alpha value is -0.723. The van der Waals surface area contributed by atoms with Gasteiger partial charge in [0.25, 0.3) is 0 Å². The fraction of sp³-hybridized carbons (Fsp3) is 0.600. The molecule has 0 bridgehead atoms. The number of methoxy groups -OCH3 is 2. The van der Waals surface area contributed by atoms with E-state index in [1.807, 2.05) is 18.2 Å². The van der Waals surface area contributed by atoms with Crippen LogP contribution in [-0.4, -0.2) is 41.0 Å². The zero-order valence-corrected chi connectivity index (χ0v) is 13.9. The molecule has 2 rings (SSSR count). The van der Waals surface area contributed by atoms with E-state index in [1.54, 1.807) is 14.2 Å². The van der Waals surface area contributed by atoms with Crippen LogP contribution in [0.5, 0.6) is 0 Å². The van der Waals surface area contributed by atoms with Crippen molar-refractivity contribution in [1.82, 2.24) is 0 Å². The Morgan fingerprint density at radius 2 is 1.75 bits per heavy atom. The molecule has 1 aliphatic heterocycles. The number of benzene rings is 1. The Labute approximate surface area is 122 Å². The largest absolute Gasteiger partial charge is 0.403 e. The molecule has 1 heterocycles. The molecule has 1 aromatic rings. The van der Waals surface area contributed by atoms with Crippen LogP contribution in [0, 0.1) is 0 Å². The molecule has 0 spiro atoms. The van der Waals surface area contributed by atoms with Gasteiger partial charge >= 0.3 is 0 Å². The second-order valence-corrected chi connectivity index (χ2v) is 10.5. The van der Waals surface area contributed by atoms with Crippen molar-refractivity contribution in [2.45, 2.75) is 37.6 Å². The Bertz CT molecular complexity index is 427. The van der Waals surface area contributed by atoms with Gasteiger partial charge in [0.15, 0.2) is 20.2 Å². The molecule has 1 aromatic carbocycles. The molecule has 1 fully saturated rings. The van der Waals surface area contributed by atoms with Gasteiger partial charge in [0.2, 0.25) is 0 Å². The van der Waals surface area contributed by atoms with Gasteiger partial charge in [-0.2, -0.15) is 0 Å². The highest BCUT2D eigenvalue weighted by Gasteiger charge is 2.58. The molecule has 4 nitrogen and oxygen atoms in total. The number of hydrogen-bond acceptors (Lipinski definition) is 4. The van der Waals surface area contributed by atoms with Gasteiger partial charge in [-0.15, -0.1) is 0 Å². The lowest BCUT2D eigenvalue weighted by Gasteiger charge is -2.54. The van der Waals surface area contributed by atoms with Crippen molar-refractivity contribution in [3.05, 3.63) is 35.9 Å². The second-order valence-electron chi connectivity index (χ2n) is 6.07. The van der Waals surface area contributed by atoms with Gasteiger partial charge in [-0.25, -0.2) is 0 Å². The van der Waals surface area contributed by atoms with E-state index in [0.29, 0.717) is 6.61 Å². The van der Waals surface area contributed by atoms with Crippen LogP contribution in [0.15, 0.2) is 30.3 Å². The highest BCUT2D eigenvalue weighted by atomic mass is 28.4. The molecule has 1 aliphatic rings. The highest BCUT2D eigenvalue weighted by molar-refractivity contribution is 6.69. The Morgan fingerprint density at radius 3 is 2.15 bits per heavy atom. The monoisotopic (exact) mass is 296 g/mol. The summed E-state index contributed by atoms with van der Waals surface area (Å²) < 4.78 is 23.2. The quantitative estimate of drug-likeness (QED) is 0.597. The lowest BCUT2D eigenvalue weighted by atomic mass is 9.86. The van der Waals surface area contributed by atoms with Crippen molar-refractivity contribution < 1.29 is 18.6 Å². The molecule has 112 valence electrons.